The monoisotopic (exact) mass is 404 g/mol. The highest BCUT2D eigenvalue weighted by Gasteiger charge is 2.27. The van der Waals surface area contributed by atoms with Gasteiger partial charge < -0.3 is 4.98 Å². The first-order valence-electron chi connectivity index (χ1n) is 8.93. The van der Waals surface area contributed by atoms with Gasteiger partial charge in [0, 0.05) is 29.5 Å². The van der Waals surface area contributed by atoms with Crippen LogP contribution in [0, 0.1) is 11.3 Å². The van der Waals surface area contributed by atoms with Crippen molar-refractivity contribution in [3.8, 4) is 17.3 Å². The molecule has 0 aromatic carbocycles. The third-order valence-electron chi connectivity index (χ3n) is 4.42. The molecule has 0 spiro atoms. The molecule has 0 saturated heterocycles. The van der Waals surface area contributed by atoms with Crippen molar-refractivity contribution in [2.45, 2.75) is 44.9 Å². The molecule has 28 heavy (non-hydrogen) atoms. The Balaban J connectivity index is 0.000000516. The van der Waals surface area contributed by atoms with Crippen molar-refractivity contribution in [1.29, 1.82) is 5.26 Å². The fourth-order valence-corrected chi connectivity index (χ4v) is 3.59. The van der Waals surface area contributed by atoms with Gasteiger partial charge in [-0.3, -0.25) is 14.4 Å². The van der Waals surface area contributed by atoms with Gasteiger partial charge in [0.15, 0.2) is 0 Å². The Morgan fingerprint density at radius 2 is 2.11 bits per heavy atom. The molecule has 0 unspecified atom stereocenters. The fourth-order valence-electron chi connectivity index (χ4n) is 3.29. The molecular formula is C17H21N6O4P. The second-order valence-corrected chi connectivity index (χ2v) is 7.50. The molecule has 4 rings (SSSR count). The number of nitriles is 1. The summed E-state index contributed by atoms with van der Waals surface area (Å²) in [4.78, 5) is 30.5. The predicted octanol–water partition coefficient (Wildman–Crippen LogP) is 2.92. The highest BCUT2D eigenvalue weighted by Crippen LogP contribution is 2.40. The van der Waals surface area contributed by atoms with Crippen LogP contribution in [0.5, 0.6) is 0 Å². The van der Waals surface area contributed by atoms with Crippen LogP contribution in [0.15, 0.2) is 24.8 Å². The first-order chi connectivity index (χ1) is 13.4. The highest BCUT2D eigenvalue weighted by molar-refractivity contribution is 7.46. The van der Waals surface area contributed by atoms with E-state index >= 15 is 0 Å². The number of fused-ring (bicyclic) bond motifs is 1. The van der Waals surface area contributed by atoms with Crippen molar-refractivity contribution < 1.29 is 19.0 Å². The molecule has 0 bridgehead atoms. The lowest BCUT2D eigenvalue weighted by Gasteiger charge is -2.08. The summed E-state index contributed by atoms with van der Waals surface area (Å²) in [6, 6.07) is 3.80. The average molecular weight is 404 g/mol. The number of nitrogens with zero attached hydrogens (tertiary/aromatic N) is 5. The van der Waals surface area contributed by atoms with Crippen LogP contribution in [-0.2, 0) is 4.57 Å². The van der Waals surface area contributed by atoms with E-state index in [0.29, 0.717) is 23.3 Å². The van der Waals surface area contributed by atoms with Gasteiger partial charge in [-0.1, -0.05) is 24.6 Å². The summed E-state index contributed by atoms with van der Waals surface area (Å²) in [7, 11) is -4.69. The molecule has 1 aliphatic carbocycles. The van der Waals surface area contributed by atoms with Gasteiger partial charge in [-0.2, -0.15) is 5.26 Å². The van der Waals surface area contributed by atoms with Crippen molar-refractivity contribution in [2.75, 3.05) is 0 Å². The molecule has 1 saturated carbocycles. The second kappa shape index (κ2) is 8.52. The van der Waals surface area contributed by atoms with E-state index in [2.05, 4.69) is 24.7 Å². The number of nitrogens with one attached hydrogen (secondary N) is 1. The van der Waals surface area contributed by atoms with Crippen LogP contribution < -0.4 is 4.62 Å². The number of rotatable bonds is 4. The molecule has 3 aromatic heterocycles. The zero-order valence-electron chi connectivity index (χ0n) is 15.3. The molecule has 1 aliphatic rings. The number of hydrogen-bond donors (Lipinski definition) is 3. The Kier molecular flexibility index (Phi) is 6.09. The van der Waals surface area contributed by atoms with Crippen molar-refractivity contribution in [2.24, 2.45) is 0 Å². The Morgan fingerprint density at radius 1 is 1.39 bits per heavy atom. The lowest BCUT2D eigenvalue weighted by atomic mass is 9.98. The summed E-state index contributed by atoms with van der Waals surface area (Å²) < 4.78 is 15.7. The molecule has 0 radical (unpaired) electrons. The third-order valence-corrected chi connectivity index (χ3v) is 4.80. The Labute approximate surface area is 161 Å². The van der Waals surface area contributed by atoms with E-state index in [1.54, 1.807) is 6.20 Å². The number of phosphoric acid groups is 1. The minimum atomic E-state index is -4.69. The molecule has 1 fully saturated rings. The van der Waals surface area contributed by atoms with Crippen LogP contribution in [0.2, 0.25) is 0 Å². The van der Waals surface area contributed by atoms with Gasteiger partial charge in [0.25, 0.3) is 0 Å². The summed E-state index contributed by atoms with van der Waals surface area (Å²) in [5.74, 6) is 0.227. The van der Waals surface area contributed by atoms with E-state index in [1.165, 1.54) is 12.5 Å². The number of aromatic nitrogens is 5. The standard InChI is InChI=1S/C14H16N5O4P.C3H5N/c20-24(21,22)23-19-7-11(12(18-19)9-3-1-2-4-9)13-10-5-6-15-14(10)17-8-16-13;1-2-3-4/h5-9H,1-4H2,(H,15,16,17)(H2,20,21,22);2H2,1H3. The van der Waals surface area contributed by atoms with Crippen molar-refractivity contribution in [3.63, 3.8) is 0 Å². The third kappa shape index (κ3) is 4.57. The average Bonchev–Trinajstić information content (AvgIpc) is 3.39. The topological polar surface area (TPSA) is 150 Å². The molecule has 148 valence electrons. The molecule has 0 atom stereocenters. The maximum absolute atomic E-state index is 11.1. The molecule has 0 amide bonds. The Morgan fingerprint density at radius 3 is 2.75 bits per heavy atom. The summed E-state index contributed by atoms with van der Waals surface area (Å²) in [5.41, 5.74) is 2.83. The van der Waals surface area contributed by atoms with Crippen LogP contribution in [0.4, 0.5) is 0 Å². The first kappa shape index (κ1) is 20.0. The largest absolute Gasteiger partial charge is 0.545 e. The minimum Gasteiger partial charge on any atom is -0.346 e. The lowest BCUT2D eigenvalue weighted by molar-refractivity contribution is 0.153. The smallest absolute Gasteiger partial charge is 0.346 e. The van der Waals surface area contributed by atoms with E-state index in [9.17, 15) is 4.57 Å². The van der Waals surface area contributed by atoms with Crippen LogP contribution in [-0.4, -0.2) is 34.7 Å². The number of aromatic amines is 1. The molecule has 3 aromatic rings. The molecular weight excluding hydrogens is 383 g/mol. The van der Waals surface area contributed by atoms with Gasteiger partial charge >= 0.3 is 7.82 Å². The van der Waals surface area contributed by atoms with Crippen molar-refractivity contribution in [3.05, 3.63) is 30.5 Å². The van der Waals surface area contributed by atoms with Gasteiger partial charge in [0.1, 0.15) is 12.0 Å². The van der Waals surface area contributed by atoms with Crippen LogP contribution in [0.3, 0.4) is 0 Å². The lowest BCUT2D eigenvalue weighted by Crippen LogP contribution is -2.09. The molecule has 3 N–H and O–H groups in total. The van der Waals surface area contributed by atoms with E-state index in [1.807, 2.05) is 19.1 Å². The summed E-state index contributed by atoms with van der Waals surface area (Å²) in [6.07, 6.45) is 9.52. The fraction of sp³-hybridized carbons (Fsp3) is 0.412. The maximum atomic E-state index is 11.1. The van der Waals surface area contributed by atoms with Crippen LogP contribution in [0.25, 0.3) is 22.3 Å². The molecule has 3 heterocycles. The minimum absolute atomic E-state index is 0.227. The van der Waals surface area contributed by atoms with Gasteiger partial charge in [-0.15, -0.1) is 5.10 Å². The normalized spacial score (nSPS) is 14.5. The van der Waals surface area contributed by atoms with E-state index in [0.717, 1.165) is 41.6 Å². The van der Waals surface area contributed by atoms with Crippen molar-refractivity contribution >= 4 is 18.9 Å². The van der Waals surface area contributed by atoms with Crippen LogP contribution >= 0.6 is 7.82 Å². The number of hydrogen-bond acceptors (Lipinski definition) is 6. The maximum Gasteiger partial charge on any atom is 0.545 e. The SMILES string of the molecule is CCC#N.O=P(O)(O)On1cc(-c2ncnc3[nH]ccc23)c(C2CCCC2)n1. The Hall–Kier alpha value is -2.73. The highest BCUT2D eigenvalue weighted by atomic mass is 31.2. The molecule has 11 heteroatoms. The van der Waals surface area contributed by atoms with Crippen molar-refractivity contribution in [1.82, 2.24) is 24.9 Å². The van der Waals surface area contributed by atoms with E-state index < -0.39 is 7.82 Å². The zero-order valence-corrected chi connectivity index (χ0v) is 16.2. The quantitative estimate of drug-likeness (QED) is 0.562. The first-order valence-corrected chi connectivity index (χ1v) is 10.5. The summed E-state index contributed by atoms with van der Waals surface area (Å²) >= 11 is 0. The van der Waals surface area contributed by atoms with Gasteiger partial charge in [0.05, 0.1) is 23.7 Å². The molecule has 0 aliphatic heterocycles. The molecule has 10 nitrogen and oxygen atoms in total. The van der Waals surface area contributed by atoms with Gasteiger partial charge in [-0.05, 0) is 18.9 Å². The number of H-pyrrole nitrogens is 1. The van der Waals surface area contributed by atoms with Crippen LogP contribution in [0.1, 0.15) is 50.6 Å². The van der Waals surface area contributed by atoms with Gasteiger partial charge in [-0.25, -0.2) is 14.5 Å². The summed E-state index contributed by atoms with van der Waals surface area (Å²) in [5, 5.41) is 12.7. The predicted molar refractivity (Wildman–Crippen MR) is 101 cm³/mol. The zero-order chi connectivity index (χ0) is 20.1. The van der Waals surface area contributed by atoms with E-state index in [-0.39, 0.29) is 5.92 Å². The van der Waals surface area contributed by atoms with E-state index in [4.69, 9.17) is 15.0 Å². The van der Waals surface area contributed by atoms with Gasteiger partial charge in [0.2, 0.25) is 0 Å². The Bertz CT molecular complexity index is 1030. The second-order valence-electron chi connectivity index (χ2n) is 6.36. The summed E-state index contributed by atoms with van der Waals surface area (Å²) in [6.45, 7) is 1.82.